The van der Waals surface area contributed by atoms with Crippen molar-refractivity contribution in [2.75, 3.05) is 0 Å². The van der Waals surface area contributed by atoms with E-state index in [2.05, 4.69) is 0 Å². The summed E-state index contributed by atoms with van der Waals surface area (Å²) in [6, 6.07) is 0. The Labute approximate surface area is 118 Å². The van der Waals surface area contributed by atoms with E-state index in [1.165, 1.54) is 0 Å². The molecule has 0 aromatic rings. The summed E-state index contributed by atoms with van der Waals surface area (Å²) in [6.07, 6.45) is 1.32. The lowest BCUT2D eigenvalue weighted by atomic mass is 9.72. The lowest BCUT2D eigenvalue weighted by Crippen LogP contribution is -2.46. The minimum Gasteiger partial charge on any atom is -0.459 e. The number of carbonyl (C=O) groups excluding carboxylic acids is 2. The first-order valence-electron chi connectivity index (χ1n) is 7.21. The Morgan fingerprint density at radius 2 is 2.00 bits per heavy atom. The molecule has 3 rings (SSSR count). The summed E-state index contributed by atoms with van der Waals surface area (Å²) in [5.74, 6) is -2.26. The molecule has 0 spiro atoms. The second kappa shape index (κ2) is 3.75. The zero-order valence-electron chi connectivity index (χ0n) is 12.7. The van der Waals surface area contributed by atoms with Gasteiger partial charge in [-0.05, 0) is 41.0 Å². The summed E-state index contributed by atoms with van der Waals surface area (Å²) < 4.78 is 17.1. The van der Waals surface area contributed by atoms with Crippen LogP contribution in [0.4, 0.5) is 0 Å². The van der Waals surface area contributed by atoms with Crippen LogP contribution in [0.3, 0.4) is 0 Å². The van der Waals surface area contributed by atoms with Gasteiger partial charge in [0.05, 0.1) is 11.5 Å². The molecule has 0 saturated carbocycles. The van der Waals surface area contributed by atoms with Crippen LogP contribution >= 0.6 is 0 Å². The third kappa shape index (κ3) is 1.72. The van der Waals surface area contributed by atoms with Gasteiger partial charge in [0.25, 0.3) is 0 Å². The molecule has 5 heteroatoms. The predicted molar refractivity (Wildman–Crippen MR) is 69.5 cm³/mol. The predicted octanol–water partition coefficient (Wildman–Crippen LogP) is 2.03. The summed E-state index contributed by atoms with van der Waals surface area (Å²) >= 11 is 0. The van der Waals surface area contributed by atoms with Crippen LogP contribution in [0.1, 0.15) is 47.5 Å². The number of fused-ring (bicyclic) bond motifs is 5. The maximum Gasteiger partial charge on any atom is 0.316 e. The molecule has 3 aliphatic heterocycles. The van der Waals surface area contributed by atoms with Gasteiger partial charge >= 0.3 is 11.9 Å². The summed E-state index contributed by atoms with van der Waals surface area (Å²) in [4.78, 5) is 24.4. The van der Waals surface area contributed by atoms with Gasteiger partial charge in [-0.1, -0.05) is 0 Å². The minimum atomic E-state index is -1.11. The molecule has 112 valence electrons. The van der Waals surface area contributed by atoms with Crippen molar-refractivity contribution in [3.63, 3.8) is 0 Å². The van der Waals surface area contributed by atoms with E-state index < -0.39 is 22.7 Å². The number of ether oxygens (including phenoxy) is 3. The molecule has 0 aliphatic carbocycles. The van der Waals surface area contributed by atoms with Crippen LogP contribution in [0.15, 0.2) is 0 Å². The highest BCUT2D eigenvalue weighted by molar-refractivity contribution is 5.80. The van der Waals surface area contributed by atoms with Crippen molar-refractivity contribution in [3.8, 4) is 0 Å². The lowest BCUT2D eigenvalue weighted by Gasteiger charge is -2.33. The molecule has 0 radical (unpaired) electrons. The maximum absolute atomic E-state index is 12.2. The van der Waals surface area contributed by atoms with E-state index in [-0.39, 0.29) is 24.0 Å². The normalized spacial score (nSPS) is 41.5. The molecule has 3 heterocycles. The van der Waals surface area contributed by atoms with Crippen molar-refractivity contribution in [3.05, 3.63) is 0 Å². The van der Waals surface area contributed by atoms with Gasteiger partial charge in [-0.15, -0.1) is 0 Å². The first-order valence-corrected chi connectivity index (χ1v) is 7.21. The highest BCUT2D eigenvalue weighted by Gasteiger charge is 2.73. The Kier molecular flexibility index (Phi) is 2.60. The largest absolute Gasteiger partial charge is 0.459 e. The number of hydrogen-bond donors (Lipinski definition) is 0. The smallest absolute Gasteiger partial charge is 0.316 e. The van der Waals surface area contributed by atoms with E-state index in [1.54, 1.807) is 20.8 Å². The lowest BCUT2D eigenvalue weighted by molar-refractivity contribution is -0.228. The second-order valence-electron chi connectivity index (χ2n) is 7.67. The number of hydrogen-bond acceptors (Lipinski definition) is 5. The molecule has 0 aromatic carbocycles. The van der Waals surface area contributed by atoms with E-state index in [4.69, 9.17) is 14.2 Å². The third-order valence-corrected chi connectivity index (χ3v) is 4.66. The van der Waals surface area contributed by atoms with Crippen molar-refractivity contribution in [2.24, 2.45) is 17.3 Å². The monoisotopic (exact) mass is 282 g/mol. The van der Waals surface area contributed by atoms with E-state index in [0.717, 1.165) is 6.42 Å². The average Bonchev–Trinajstić information content (AvgIpc) is 2.87. The van der Waals surface area contributed by atoms with Crippen LogP contribution in [0.25, 0.3) is 0 Å². The number of cyclic esters (lactones) is 1. The van der Waals surface area contributed by atoms with E-state index in [9.17, 15) is 9.59 Å². The molecule has 0 unspecified atom stereocenters. The van der Waals surface area contributed by atoms with Gasteiger partial charge in [0.15, 0.2) is 0 Å². The summed E-state index contributed by atoms with van der Waals surface area (Å²) in [7, 11) is 0. The first-order chi connectivity index (χ1) is 9.07. The molecular weight excluding hydrogens is 260 g/mol. The Morgan fingerprint density at radius 3 is 2.60 bits per heavy atom. The van der Waals surface area contributed by atoms with Crippen LogP contribution in [0.5, 0.6) is 0 Å². The number of carbonyl (C=O) groups is 2. The molecule has 0 aromatic heterocycles. The van der Waals surface area contributed by atoms with Crippen LogP contribution in [0.2, 0.25) is 0 Å². The summed E-state index contributed by atoms with van der Waals surface area (Å²) in [6.45, 7) is 9.18. The topological polar surface area (TPSA) is 61.8 Å². The standard InChI is InChI=1S/C15H22O5/c1-13(2,3)12(17)20-15-7-6-8(18-15)9-10(15)11(16)19-14(9,4)5/h8-10H,6-7H2,1-5H3/t8-,9-,10+,15-/m1/s1. The highest BCUT2D eigenvalue weighted by Crippen LogP contribution is 2.59. The van der Waals surface area contributed by atoms with Gasteiger partial charge in [-0.25, -0.2) is 0 Å². The van der Waals surface area contributed by atoms with Crippen LogP contribution in [-0.2, 0) is 23.8 Å². The summed E-state index contributed by atoms with van der Waals surface area (Å²) in [5.41, 5.74) is -1.17. The molecule has 0 N–H and O–H groups in total. The zero-order chi connectivity index (χ0) is 14.9. The molecule has 5 nitrogen and oxygen atoms in total. The van der Waals surface area contributed by atoms with Gasteiger partial charge in [-0.3, -0.25) is 9.59 Å². The fourth-order valence-corrected chi connectivity index (χ4v) is 3.70. The number of esters is 2. The molecule has 3 fully saturated rings. The Hall–Kier alpha value is -1.10. The van der Waals surface area contributed by atoms with Crippen molar-refractivity contribution in [1.29, 1.82) is 0 Å². The van der Waals surface area contributed by atoms with Crippen molar-refractivity contribution >= 4 is 11.9 Å². The average molecular weight is 282 g/mol. The zero-order valence-corrected chi connectivity index (χ0v) is 12.7. The van der Waals surface area contributed by atoms with Gasteiger partial charge in [0, 0.05) is 12.3 Å². The van der Waals surface area contributed by atoms with Crippen LogP contribution in [0, 0.1) is 17.3 Å². The molecule has 4 atom stereocenters. The second-order valence-corrected chi connectivity index (χ2v) is 7.67. The molecule has 20 heavy (non-hydrogen) atoms. The van der Waals surface area contributed by atoms with Gasteiger partial charge in [-0.2, -0.15) is 0 Å². The molecule has 3 aliphatic rings. The van der Waals surface area contributed by atoms with Crippen molar-refractivity contribution in [2.45, 2.75) is 65.0 Å². The summed E-state index contributed by atoms with van der Waals surface area (Å²) in [5, 5.41) is 0. The fourth-order valence-electron chi connectivity index (χ4n) is 3.70. The third-order valence-electron chi connectivity index (χ3n) is 4.66. The van der Waals surface area contributed by atoms with Crippen molar-refractivity contribution in [1.82, 2.24) is 0 Å². The molecule has 2 bridgehead atoms. The maximum atomic E-state index is 12.2. The Bertz CT molecular complexity index is 475. The van der Waals surface area contributed by atoms with E-state index >= 15 is 0 Å². The number of rotatable bonds is 1. The molecule has 3 saturated heterocycles. The van der Waals surface area contributed by atoms with Gasteiger partial charge in [0.2, 0.25) is 5.79 Å². The Morgan fingerprint density at radius 1 is 1.35 bits per heavy atom. The van der Waals surface area contributed by atoms with Crippen LogP contribution in [-0.4, -0.2) is 29.4 Å². The van der Waals surface area contributed by atoms with Gasteiger partial charge < -0.3 is 14.2 Å². The quantitative estimate of drug-likeness (QED) is 0.689. The minimum absolute atomic E-state index is 0.0310. The SMILES string of the molecule is CC(C)(C)C(=O)O[C@@]12CC[C@@H](O1)[C@@H]1[C@H]2C(=O)OC1(C)C. The molecular formula is C15H22O5. The van der Waals surface area contributed by atoms with Crippen LogP contribution < -0.4 is 0 Å². The van der Waals surface area contributed by atoms with Crippen molar-refractivity contribution < 1.29 is 23.8 Å². The Balaban J connectivity index is 1.91. The van der Waals surface area contributed by atoms with Gasteiger partial charge in [0.1, 0.15) is 11.5 Å². The fraction of sp³-hybridized carbons (Fsp3) is 0.867. The van der Waals surface area contributed by atoms with E-state index in [0.29, 0.717) is 6.42 Å². The first kappa shape index (κ1) is 13.9. The molecule has 0 amide bonds. The van der Waals surface area contributed by atoms with E-state index in [1.807, 2.05) is 13.8 Å². The highest BCUT2D eigenvalue weighted by atomic mass is 16.7.